The lowest BCUT2D eigenvalue weighted by Crippen LogP contribution is -2.67. The number of likely N-dealkylation sites (tertiary alicyclic amines) is 2. The zero-order valence-electron chi connectivity index (χ0n) is 13.7. The zero-order valence-corrected chi connectivity index (χ0v) is 13.7. The number of rotatable bonds is 3. The third-order valence-corrected chi connectivity index (χ3v) is 5.23. The first-order valence-corrected chi connectivity index (χ1v) is 8.29. The van der Waals surface area contributed by atoms with Crippen LogP contribution in [0.4, 0.5) is 5.69 Å². The van der Waals surface area contributed by atoms with Gasteiger partial charge in [-0.2, -0.15) is 0 Å². The van der Waals surface area contributed by atoms with Gasteiger partial charge in [0, 0.05) is 37.8 Å². The van der Waals surface area contributed by atoms with Crippen molar-refractivity contribution in [2.75, 3.05) is 38.8 Å². The van der Waals surface area contributed by atoms with Crippen LogP contribution in [0.2, 0.25) is 0 Å². The van der Waals surface area contributed by atoms with Crippen LogP contribution in [0.15, 0.2) is 18.2 Å². The van der Waals surface area contributed by atoms with E-state index in [1.54, 1.807) is 23.1 Å². The molecule has 0 atom stereocenters. The zero-order chi connectivity index (χ0) is 16.7. The number of β-lactam (4-membered cyclic amide) rings is 1. The molecule has 3 heterocycles. The fourth-order valence-electron chi connectivity index (χ4n) is 3.60. The van der Waals surface area contributed by atoms with Gasteiger partial charge in [0.05, 0.1) is 0 Å². The Bertz CT molecular complexity index is 682. The van der Waals surface area contributed by atoms with E-state index in [1.807, 2.05) is 7.05 Å². The van der Waals surface area contributed by atoms with Gasteiger partial charge < -0.3 is 24.6 Å². The molecule has 0 bridgehead atoms. The first-order valence-electron chi connectivity index (χ1n) is 8.29. The number of hydrogen-bond acceptors (Lipinski definition) is 5. The minimum absolute atomic E-state index is 0.0698. The number of ether oxygens (including phenoxy) is 2. The molecule has 1 aromatic carbocycles. The summed E-state index contributed by atoms with van der Waals surface area (Å²) in [4.78, 5) is 29.0. The Balaban J connectivity index is 1.56. The minimum atomic E-state index is -0.738. The van der Waals surface area contributed by atoms with Gasteiger partial charge in [-0.25, -0.2) is 0 Å². The van der Waals surface area contributed by atoms with Gasteiger partial charge in [-0.1, -0.05) is 0 Å². The Hall–Kier alpha value is -2.28. The van der Waals surface area contributed by atoms with Crippen LogP contribution in [0.1, 0.15) is 19.3 Å². The maximum Gasteiger partial charge on any atom is 0.250 e. The summed E-state index contributed by atoms with van der Waals surface area (Å²) in [7, 11) is 2.04. The summed E-state index contributed by atoms with van der Waals surface area (Å²) in [6, 6.07) is 5.35. The van der Waals surface area contributed by atoms with Gasteiger partial charge in [-0.05, 0) is 32.0 Å². The largest absolute Gasteiger partial charge is 0.454 e. The molecule has 3 aliphatic rings. The van der Waals surface area contributed by atoms with Gasteiger partial charge in [0.15, 0.2) is 11.5 Å². The topological polar surface area (TPSA) is 71.1 Å². The molecule has 0 aromatic heterocycles. The first kappa shape index (κ1) is 15.3. The van der Waals surface area contributed by atoms with Crippen molar-refractivity contribution in [1.82, 2.24) is 9.80 Å². The number of fused-ring (bicyclic) bond motifs is 1. The van der Waals surface area contributed by atoms with Crippen molar-refractivity contribution in [2.45, 2.75) is 24.8 Å². The number of carbonyl (C=O) groups excluding carboxylic acids is 2. The summed E-state index contributed by atoms with van der Waals surface area (Å²) in [6.45, 7) is 2.47. The number of benzene rings is 1. The van der Waals surface area contributed by atoms with Gasteiger partial charge in [0.1, 0.15) is 5.54 Å². The van der Waals surface area contributed by atoms with Crippen LogP contribution < -0.4 is 14.8 Å². The molecule has 128 valence electrons. The van der Waals surface area contributed by atoms with Crippen LogP contribution >= 0.6 is 0 Å². The molecular formula is C17H21N3O4. The summed E-state index contributed by atoms with van der Waals surface area (Å²) < 4.78 is 10.6. The Kier molecular flexibility index (Phi) is 3.60. The molecule has 3 aliphatic heterocycles. The average Bonchev–Trinajstić information content (AvgIpc) is 3.03. The SMILES string of the molecule is CN1CCC(C(=O)Nc2ccc3c(c2)OCO3)(N2CCC2=O)CC1. The molecule has 2 amide bonds. The number of hydrogen-bond donors (Lipinski definition) is 1. The van der Waals surface area contributed by atoms with E-state index in [2.05, 4.69) is 10.2 Å². The third kappa shape index (κ3) is 2.39. The van der Waals surface area contributed by atoms with Crippen molar-refractivity contribution in [1.29, 1.82) is 0 Å². The first-order chi connectivity index (χ1) is 11.6. The summed E-state index contributed by atoms with van der Waals surface area (Å²) in [5.74, 6) is 1.27. The summed E-state index contributed by atoms with van der Waals surface area (Å²) in [6.07, 6.45) is 1.85. The molecule has 7 nitrogen and oxygen atoms in total. The molecule has 2 fully saturated rings. The monoisotopic (exact) mass is 331 g/mol. The lowest BCUT2D eigenvalue weighted by molar-refractivity contribution is -0.158. The highest BCUT2D eigenvalue weighted by molar-refractivity contribution is 6.02. The molecule has 1 aromatic rings. The number of carbonyl (C=O) groups is 2. The van der Waals surface area contributed by atoms with Crippen molar-refractivity contribution in [2.24, 2.45) is 0 Å². The van der Waals surface area contributed by atoms with Crippen molar-refractivity contribution in [3.63, 3.8) is 0 Å². The van der Waals surface area contributed by atoms with Crippen LogP contribution in [0, 0.1) is 0 Å². The molecule has 0 spiro atoms. The van der Waals surface area contributed by atoms with Crippen LogP contribution in [-0.2, 0) is 9.59 Å². The maximum atomic E-state index is 13.1. The number of amides is 2. The predicted molar refractivity (Wildman–Crippen MR) is 87.0 cm³/mol. The highest BCUT2D eigenvalue weighted by Gasteiger charge is 2.50. The predicted octanol–water partition coefficient (Wildman–Crippen LogP) is 1.05. The second kappa shape index (κ2) is 5.66. The summed E-state index contributed by atoms with van der Waals surface area (Å²) in [5.41, 5.74) is -0.0754. The molecule has 0 saturated carbocycles. The normalized spacial score (nSPS) is 22.2. The second-order valence-corrected chi connectivity index (χ2v) is 6.65. The Labute approximate surface area is 140 Å². The number of nitrogens with zero attached hydrogens (tertiary/aromatic N) is 2. The van der Waals surface area contributed by atoms with E-state index >= 15 is 0 Å². The molecule has 24 heavy (non-hydrogen) atoms. The molecule has 4 rings (SSSR count). The smallest absolute Gasteiger partial charge is 0.250 e. The van der Waals surface area contributed by atoms with Crippen LogP contribution in [0.25, 0.3) is 0 Å². The van der Waals surface area contributed by atoms with Gasteiger partial charge >= 0.3 is 0 Å². The molecule has 0 unspecified atom stereocenters. The number of piperidine rings is 1. The van der Waals surface area contributed by atoms with Gasteiger partial charge in [0.2, 0.25) is 18.6 Å². The Morgan fingerprint density at radius 2 is 1.92 bits per heavy atom. The molecule has 0 radical (unpaired) electrons. The van der Waals surface area contributed by atoms with E-state index < -0.39 is 5.54 Å². The Morgan fingerprint density at radius 3 is 2.58 bits per heavy atom. The number of nitrogens with one attached hydrogen (secondary N) is 1. The molecule has 1 N–H and O–H groups in total. The van der Waals surface area contributed by atoms with E-state index in [0.29, 0.717) is 43.0 Å². The summed E-state index contributed by atoms with van der Waals surface area (Å²) in [5, 5.41) is 2.98. The Morgan fingerprint density at radius 1 is 1.17 bits per heavy atom. The van der Waals surface area contributed by atoms with E-state index in [0.717, 1.165) is 13.1 Å². The third-order valence-electron chi connectivity index (χ3n) is 5.23. The van der Waals surface area contributed by atoms with Crippen molar-refractivity contribution in [3.8, 4) is 11.5 Å². The highest BCUT2D eigenvalue weighted by Crippen LogP contribution is 2.37. The summed E-state index contributed by atoms with van der Waals surface area (Å²) >= 11 is 0. The average molecular weight is 331 g/mol. The van der Waals surface area contributed by atoms with Crippen molar-refractivity contribution in [3.05, 3.63) is 18.2 Å². The van der Waals surface area contributed by atoms with Crippen LogP contribution in [0.3, 0.4) is 0 Å². The fraction of sp³-hybridized carbons (Fsp3) is 0.529. The van der Waals surface area contributed by atoms with E-state index in [9.17, 15) is 9.59 Å². The van der Waals surface area contributed by atoms with Gasteiger partial charge in [-0.15, -0.1) is 0 Å². The van der Waals surface area contributed by atoms with Gasteiger partial charge in [0.25, 0.3) is 0 Å². The van der Waals surface area contributed by atoms with Crippen molar-refractivity contribution >= 4 is 17.5 Å². The standard InChI is InChI=1S/C17H21N3O4/c1-19-8-5-17(6-9-19,20-7-4-15(20)21)16(22)18-12-2-3-13-14(10-12)24-11-23-13/h2-3,10H,4-9,11H2,1H3,(H,18,22). The molecule has 7 heteroatoms. The quantitative estimate of drug-likeness (QED) is 0.839. The van der Waals surface area contributed by atoms with Gasteiger partial charge in [-0.3, -0.25) is 9.59 Å². The maximum absolute atomic E-state index is 13.1. The van der Waals surface area contributed by atoms with E-state index in [-0.39, 0.29) is 18.6 Å². The van der Waals surface area contributed by atoms with E-state index in [1.165, 1.54) is 0 Å². The minimum Gasteiger partial charge on any atom is -0.454 e. The lowest BCUT2D eigenvalue weighted by atomic mass is 9.82. The molecule has 0 aliphatic carbocycles. The highest BCUT2D eigenvalue weighted by atomic mass is 16.7. The fourth-order valence-corrected chi connectivity index (χ4v) is 3.60. The second-order valence-electron chi connectivity index (χ2n) is 6.65. The van der Waals surface area contributed by atoms with Crippen molar-refractivity contribution < 1.29 is 19.1 Å². The van der Waals surface area contributed by atoms with Crippen LogP contribution in [-0.4, -0.2) is 60.6 Å². The molecule has 2 saturated heterocycles. The van der Waals surface area contributed by atoms with E-state index in [4.69, 9.17) is 9.47 Å². The van der Waals surface area contributed by atoms with Crippen LogP contribution in [0.5, 0.6) is 11.5 Å². The lowest BCUT2D eigenvalue weighted by Gasteiger charge is -2.50. The number of anilines is 1. The molecular weight excluding hydrogens is 310 g/mol.